The molecule has 7 nitrogen and oxygen atoms in total. The number of methoxy groups -OCH3 is 1. The van der Waals surface area contributed by atoms with Gasteiger partial charge < -0.3 is 4.74 Å². The molecule has 0 atom stereocenters. The van der Waals surface area contributed by atoms with Gasteiger partial charge in [0.2, 0.25) is 0 Å². The highest BCUT2D eigenvalue weighted by molar-refractivity contribution is 7.90. The Hall–Kier alpha value is -1.67. The molecular weight excluding hydrogens is 270 g/mol. The van der Waals surface area contributed by atoms with E-state index in [1.807, 2.05) is 0 Å². The molecule has 0 N–H and O–H groups in total. The van der Waals surface area contributed by atoms with E-state index >= 15 is 0 Å². The van der Waals surface area contributed by atoms with Gasteiger partial charge in [0.25, 0.3) is 0 Å². The highest BCUT2D eigenvalue weighted by atomic mass is 32.2. The predicted octanol–water partition coefficient (Wildman–Crippen LogP) is 0.257. The Morgan fingerprint density at radius 1 is 1.37 bits per heavy atom. The second kappa shape index (κ2) is 6.48. The van der Waals surface area contributed by atoms with Crippen LogP contribution in [-0.4, -0.2) is 51.4 Å². The van der Waals surface area contributed by atoms with Crippen LogP contribution in [-0.2, 0) is 19.7 Å². The lowest BCUT2D eigenvalue weighted by atomic mass is 10.4. The van der Waals surface area contributed by atoms with E-state index in [9.17, 15) is 13.2 Å². The number of rotatable bonds is 6. The molecule has 0 bridgehead atoms. The molecule has 1 aromatic rings. The maximum atomic E-state index is 12.2. The van der Waals surface area contributed by atoms with Crippen molar-refractivity contribution in [3.05, 3.63) is 24.4 Å². The fourth-order valence-corrected chi connectivity index (χ4v) is 2.42. The Morgan fingerprint density at radius 2 is 2.05 bits per heavy atom. The first kappa shape index (κ1) is 15.4. The molecule has 1 heterocycles. The van der Waals surface area contributed by atoms with Gasteiger partial charge in [-0.1, -0.05) is 6.07 Å². The zero-order chi connectivity index (χ0) is 14.5. The molecule has 0 saturated heterocycles. The fourth-order valence-electron chi connectivity index (χ4n) is 1.33. The number of carbonyl (C=O) groups is 1. The molecule has 8 heteroatoms. The monoisotopic (exact) mass is 287 g/mol. The summed E-state index contributed by atoms with van der Waals surface area (Å²) < 4.78 is 31.0. The lowest BCUT2D eigenvalue weighted by molar-refractivity contribution is -0.140. The third-order valence-corrected chi connectivity index (χ3v) is 4.42. The average Bonchev–Trinajstić information content (AvgIpc) is 2.44. The summed E-state index contributed by atoms with van der Waals surface area (Å²) in [6, 6.07) is 4.99. The first-order valence-electron chi connectivity index (χ1n) is 5.57. The molecule has 0 aliphatic heterocycles. The minimum Gasteiger partial charge on any atom is -0.469 e. The summed E-state index contributed by atoms with van der Waals surface area (Å²) in [5.41, 5.74) is 0. The van der Waals surface area contributed by atoms with Crippen molar-refractivity contribution in [2.24, 2.45) is 0 Å². The van der Waals surface area contributed by atoms with Gasteiger partial charge in [0.05, 0.1) is 13.5 Å². The first-order valence-corrected chi connectivity index (χ1v) is 6.97. The number of hydrogen-bond donors (Lipinski definition) is 0. The number of ether oxygens (including phenoxy) is 1. The first-order chi connectivity index (χ1) is 8.89. The van der Waals surface area contributed by atoms with Crippen molar-refractivity contribution in [2.45, 2.75) is 6.42 Å². The van der Waals surface area contributed by atoms with E-state index in [-0.39, 0.29) is 13.0 Å². The van der Waals surface area contributed by atoms with Crippen LogP contribution in [0.15, 0.2) is 24.4 Å². The van der Waals surface area contributed by atoms with Crippen LogP contribution in [0, 0.1) is 0 Å². The summed E-state index contributed by atoms with van der Waals surface area (Å²) in [5.74, 6) is -0.144. The number of esters is 1. The molecule has 0 fully saturated rings. The molecule has 19 heavy (non-hydrogen) atoms. The minimum atomic E-state index is -3.70. The summed E-state index contributed by atoms with van der Waals surface area (Å²) in [6.07, 6.45) is 1.51. The Balaban J connectivity index is 2.77. The van der Waals surface area contributed by atoms with E-state index < -0.39 is 16.2 Å². The van der Waals surface area contributed by atoms with Crippen LogP contribution in [0.5, 0.6) is 0 Å². The molecule has 0 saturated carbocycles. The molecule has 0 radical (unpaired) electrons. The van der Waals surface area contributed by atoms with Gasteiger partial charge in [-0.2, -0.15) is 12.7 Å². The maximum absolute atomic E-state index is 12.2. The van der Waals surface area contributed by atoms with Gasteiger partial charge in [-0.25, -0.2) is 9.29 Å². The van der Waals surface area contributed by atoms with Crippen molar-refractivity contribution in [1.29, 1.82) is 0 Å². The van der Waals surface area contributed by atoms with Gasteiger partial charge in [0.15, 0.2) is 0 Å². The van der Waals surface area contributed by atoms with Gasteiger partial charge in [-0.05, 0) is 12.1 Å². The van der Waals surface area contributed by atoms with E-state index in [0.717, 1.165) is 8.61 Å². The van der Waals surface area contributed by atoms with E-state index in [1.165, 1.54) is 27.4 Å². The van der Waals surface area contributed by atoms with Crippen molar-refractivity contribution < 1.29 is 17.9 Å². The quantitative estimate of drug-likeness (QED) is 0.701. The van der Waals surface area contributed by atoms with Gasteiger partial charge in [-0.3, -0.25) is 4.79 Å². The molecule has 0 aliphatic carbocycles. The molecule has 0 aliphatic rings. The number of nitrogens with zero attached hydrogens (tertiary/aromatic N) is 3. The maximum Gasteiger partial charge on any atom is 0.306 e. The summed E-state index contributed by atoms with van der Waals surface area (Å²) in [4.78, 5) is 15.0. The SMILES string of the molecule is COC(=O)CCN(C)S(=O)(=O)N(C)c1ccccn1. The van der Waals surface area contributed by atoms with E-state index in [2.05, 4.69) is 9.72 Å². The number of hydrogen-bond acceptors (Lipinski definition) is 5. The fraction of sp³-hybridized carbons (Fsp3) is 0.455. The normalized spacial score (nSPS) is 11.4. The van der Waals surface area contributed by atoms with Crippen LogP contribution < -0.4 is 4.31 Å². The van der Waals surface area contributed by atoms with Crippen molar-refractivity contribution in [3.8, 4) is 0 Å². The highest BCUT2D eigenvalue weighted by Crippen LogP contribution is 2.14. The Kier molecular flexibility index (Phi) is 5.25. The second-order valence-corrected chi connectivity index (χ2v) is 5.88. The third-order valence-electron chi connectivity index (χ3n) is 2.57. The summed E-state index contributed by atoms with van der Waals surface area (Å²) in [6.45, 7) is 0.0478. The topological polar surface area (TPSA) is 79.8 Å². The molecule has 0 amide bonds. The van der Waals surface area contributed by atoms with Gasteiger partial charge in [0, 0.05) is 26.8 Å². The zero-order valence-electron chi connectivity index (χ0n) is 11.1. The van der Waals surface area contributed by atoms with Crippen molar-refractivity contribution in [1.82, 2.24) is 9.29 Å². The number of carbonyl (C=O) groups excluding carboxylic acids is 1. The van der Waals surface area contributed by atoms with Crippen LogP contribution >= 0.6 is 0 Å². The van der Waals surface area contributed by atoms with Crippen molar-refractivity contribution in [3.63, 3.8) is 0 Å². The van der Waals surface area contributed by atoms with Crippen LogP contribution in [0.25, 0.3) is 0 Å². The number of aromatic nitrogens is 1. The number of pyridine rings is 1. The molecule has 1 aromatic heterocycles. The van der Waals surface area contributed by atoms with E-state index in [0.29, 0.717) is 5.82 Å². The molecule has 0 spiro atoms. The van der Waals surface area contributed by atoms with Crippen LogP contribution in [0.4, 0.5) is 5.82 Å². The molecular formula is C11H17N3O4S. The molecule has 1 rings (SSSR count). The Morgan fingerprint density at radius 3 is 2.58 bits per heavy atom. The largest absolute Gasteiger partial charge is 0.469 e. The lowest BCUT2D eigenvalue weighted by Crippen LogP contribution is -2.41. The second-order valence-electron chi connectivity index (χ2n) is 3.81. The van der Waals surface area contributed by atoms with Gasteiger partial charge >= 0.3 is 16.2 Å². The molecule has 0 aromatic carbocycles. The van der Waals surface area contributed by atoms with E-state index in [1.54, 1.807) is 18.2 Å². The standard InChI is InChI=1S/C11H17N3O4S/c1-13(9-7-11(15)18-3)19(16,17)14(2)10-6-4-5-8-12-10/h4-6,8H,7,9H2,1-3H3. The van der Waals surface area contributed by atoms with Crippen molar-refractivity contribution >= 4 is 22.0 Å². The zero-order valence-corrected chi connectivity index (χ0v) is 11.9. The van der Waals surface area contributed by atoms with Crippen LogP contribution in [0.2, 0.25) is 0 Å². The van der Waals surface area contributed by atoms with Crippen LogP contribution in [0.3, 0.4) is 0 Å². The predicted molar refractivity (Wildman–Crippen MR) is 70.8 cm³/mol. The van der Waals surface area contributed by atoms with Gasteiger partial charge in [0.1, 0.15) is 5.82 Å². The van der Waals surface area contributed by atoms with Crippen molar-refractivity contribution in [2.75, 3.05) is 32.1 Å². The van der Waals surface area contributed by atoms with Gasteiger partial charge in [-0.15, -0.1) is 0 Å². The average molecular weight is 287 g/mol. The Bertz CT molecular complexity index is 518. The Labute approximate surface area is 113 Å². The summed E-state index contributed by atoms with van der Waals surface area (Å²) in [5, 5.41) is 0. The smallest absolute Gasteiger partial charge is 0.306 e. The number of anilines is 1. The third kappa shape index (κ3) is 3.90. The highest BCUT2D eigenvalue weighted by Gasteiger charge is 2.25. The van der Waals surface area contributed by atoms with E-state index in [4.69, 9.17) is 0 Å². The minimum absolute atomic E-state index is 0.00227. The molecule has 106 valence electrons. The summed E-state index contributed by atoms with van der Waals surface area (Å²) >= 11 is 0. The lowest BCUT2D eigenvalue weighted by Gasteiger charge is -2.24. The summed E-state index contributed by atoms with van der Waals surface area (Å²) in [7, 11) is 0.371. The molecule has 0 unspecified atom stereocenters. The van der Waals surface area contributed by atoms with Crippen LogP contribution in [0.1, 0.15) is 6.42 Å².